The van der Waals surface area contributed by atoms with Crippen LogP contribution in [0.25, 0.3) is 0 Å². The Labute approximate surface area is 124 Å². The topological polar surface area (TPSA) is 50.1 Å². The molecule has 4 heterocycles. The lowest BCUT2D eigenvalue weighted by atomic mass is 10.0. The summed E-state index contributed by atoms with van der Waals surface area (Å²) in [5, 5.41) is 4.25. The van der Waals surface area contributed by atoms with Crippen molar-refractivity contribution in [1.29, 1.82) is 0 Å². The number of nitrogens with zero attached hydrogens (tertiary/aromatic N) is 6. The van der Waals surface area contributed by atoms with Gasteiger partial charge in [-0.25, -0.2) is 9.97 Å². The molecule has 2 saturated heterocycles. The minimum Gasteiger partial charge on any atom is -0.340 e. The Bertz CT molecular complexity index is 596. The number of rotatable bonds is 3. The predicted octanol–water partition coefficient (Wildman–Crippen LogP) is 0.778. The lowest BCUT2D eigenvalue weighted by molar-refractivity contribution is 0.308. The van der Waals surface area contributed by atoms with E-state index in [4.69, 9.17) is 0 Å². The average Bonchev–Trinajstić information content (AvgIpc) is 3.15. The molecule has 0 amide bonds. The van der Waals surface area contributed by atoms with E-state index in [1.54, 1.807) is 0 Å². The standard InChI is InChI=1S/C15H20N6/c1-19-6-12(5-18-19)7-20-8-13-10-21(11-14(13)9-20)15-16-3-2-4-17-15/h2-6,13-14H,7-11H2,1H3/t13-,14+. The van der Waals surface area contributed by atoms with E-state index in [-0.39, 0.29) is 0 Å². The molecule has 0 N–H and O–H groups in total. The Kier molecular flexibility index (Phi) is 3.11. The number of fused-ring (bicyclic) bond motifs is 1. The first-order chi connectivity index (χ1) is 10.3. The van der Waals surface area contributed by atoms with Gasteiger partial charge in [0.1, 0.15) is 0 Å². The maximum absolute atomic E-state index is 4.37. The third-order valence-electron chi connectivity index (χ3n) is 4.56. The molecule has 2 aliphatic heterocycles. The van der Waals surface area contributed by atoms with Crippen molar-refractivity contribution in [2.45, 2.75) is 6.54 Å². The van der Waals surface area contributed by atoms with Gasteiger partial charge in [-0.05, 0) is 17.9 Å². The van der Waals surface area contributed by atoms with Crippen LogP contribution in [0.1, 0.15) is 5.56 Å². The van der Waals surface area contributed by atoms with Crippen LogP contribution < -0.4 is 4.90 Å². The molecule has 0 bridgehead atoms. The van der Waals surface area contributed by atoms with Crippen molar-refractivity contribution in [1.82, 2.24) is 24.6 Å². The third-order valence-corrected chi connectivity index (χ3v) is 4.56. The van der Waals surface area contributed by atoms with Crippen LogP contribution in [0.2, 0.25) is 0 Å². The summed E-state index contributed by atoms with van der Waals surface area (Å²) in [6.07, 6.45) is 7.73. The molecule has 0 radical (unpaired) electrons. The summed E-state index contributed by atoms with van der Waals surface area (Å²) in [5.74, 6) is 2.36. The van der Waals surface area contributed by atoms with Gasteiger partial charge in [-0.15, -0.1) is 0 Å². The molecule has 2 aromatic heterocycles. The number of anilines is 1. The molecule has 0 aromatic carbocycles. The van der Waals surface area contributed by atoms with Crippen LogP contribution >= 0.6 is 0 Å². The molecule has 0 unspecified atom stereocenters. The normalized spacial score (nSPS) is 25.5. The van der Waals surface area contributed by atoms with Crippen molar-refractivity contribution in [3.05, 3.63) is 36.4 Å². The molecular weight excluding hydrogens is 264 g/mol. The van der Waals surface area contributed by atoms with Crippen LogP contribution in [0.5, 0.6) is 0 Å². The maximum Gasteiger partial charge on any atom is 0.225 e. The minimum atomic E-state index is 0.741. The van der Waals surface area contributed by atoms with Crippen molar-refractivity contribution >= 4 is 5.95 Å². The summed E-state index contributed by atoms with van der Waals surface area (Å²) >= 11 is 0. The van der Waals surface area contributed by atoms with Gasteiger partial charge >= 0.3 is 0 Å². The number of aromatic nitrogens is 4. The molecule has 2 fully saturated rings. The first-order valence-corrected chi connectivity index (χ1v) is 7.50. The largest absolute Gasteiger partial charge is 0.340 e. The summed E-state index contributed by atoms with van der Waals surface area (Å²) in [6.45, 7) is 5.52. The lowest BCUT2D eigenvalue weighted by Gasteiger charge is -2.20. The molecule has 4 rings (SSSR count). The van der Waals surface area contributed by atoms with Gasteiger partial charge in [0, 0.05) is 63.9 Å². The van der Waals surface area contributed by atoms with E-state index in [9.17, 15) is 0 Å². The Balaban J connectivity index is 1.37. The Hall–Kier alpha value is -1.95. The SMILES string of the molecule is Cn1cc(CN2C[C@@H]3CN(c4ncccn4)C[C@@H]3C2)cn1. The van der Waals surface area contributed by atoms with E-state index in [1.165, 1.54) is 18.7 Å². The predicted molar refractivity (Wildman–Crippen MR) is 79.7 cm³/mol. The average molecular weight is 284 g/mol. The maximum atomic E-state index is 4.37. The molecule has 2 aliphatic rings. The second kappa shape index (κ2) is 5.11. The van der Waals surface area contributed by atoms with Crippen molar-refractivity contribution in [2.24, 2.45) is 18.9 Å². The zero-order valence-corrected chi connectivity index (χ0v) is 12.3. The van der Waals surface area contributed by atoms with Gasteiger partial charge in [-0.3, -0.25) is 9.58 Å². The van der Waals surface area contributed by atoms with Gasteiger partial charge < -0.3 is 4.90 Å². The summed E-state index contributed by atoms with van der Waals surface area (Å²) in [6, 6.07) is 1.87. The van der Waals surface area contributed by atoms with E-state index >= 15 is 0 Å². The molecule has 0 aliphatic carbocycles. The summed E-state index contributed by atoms with van der Waals surface area (Å²) in [4.78, 5) is 13.6. The number of hydrogen-bond donors (Lipinski definition) is 0. The van der Waals surface area contributed by atoms with Crippen LogP contribution in [0.4, 0.5) is 5.95 Å². The fraction of sp³-hybridized carbons (Fsp3) is 0.533. The van der Waals surface area contributed by atoms with E-state index < -0.39 is 0 Å². The highest BCUT2D eigenvalue weighted by molar-refractivity contribution is 5.31. The van der Waals surface area contributed by atoms with Crippen molar-refractivity contribution < 1.29 is 0 Å². The highest BCUT2D eigenvalue weighted by Crippen LogP contribution is 2.33. The summed E-state index contributed by atoms with van der Waals surface area (Å²) in [7, 11) is 1.97. The fourth-order valence-corrected chi connectivity index (χ4v) is 3.65. The Morgan fingerprint density at radius 2 is 1.81 bits per heavy atom. The second-order valence-corrected chi connectivity index (χ2v) is 6.19. The van der Waals surface area contributed by atoms with Gasteiger partial charge in [0.05, 0.1) is 6.20 Å². The number of hydrogen-bond acceptors (Lipinski definition) is 5. The fourth-order valence-electron chi connectivity index (χ4n) is 3.65. The summed E-state index contributed by atoms with van der Waals surface area (Å²) in [5.41, 5.74) is 1.31. The van der Waals surface area contributed by atoms with Crippen molar-refractivity contribution in [3.63, 3.8) is 0 Å². The molecule has 21 heavy (non-hydrogen) atoms. The molecule has 2 atom stereocenters. The van der Waals surface area contributed by atoms with E-state index in [1.807, 2.05) is 36.4 Å². The quantitative estimate of drug-likeness (QED) is 0.833. The molecule has 6 heteroatoms. The smallest absolute Gasteiger partial charge is 0.225 e. The molecule has 0 spiro atoms. The monoisotopic (exact) mass is 284 g/mol. The molecular formula is C15H20N6. The lowest BCUT2D eigenvalue weighted by Crippen LogP contribution is -2.29. The second-order valence-electron chi connectivity index (χ2n) is 6.19. The van der Waals surface area contributed by atoms with Crippen molar-refractivity contribution in [3.8, 4) is 0 Å². The van der Waals surface area contributed by atoms with Crippen molar-refractivity contribution in [2.75, 3.05) is 31.1 Å². The van der Waals surface area contributed by atoms with Gasteiger partial charge in [-0.2, -0.15) is 5.10 Å². The van der Waals surface area contributed by atoms with E-state index in [0.29, 0.717) is 0 Å². The molecule has 0 saturated carbocycles. The molecule has 2 aromatic rings. The Morgan fingerprint density at radius 1 is 1.10 bits per heavy atom. The first-order valence-electron chi connectivity index (χ1n) is 7.50. The van der Waals surface area contributed by atoms with Gasteiger partial charge in [0.2, 0.25) is 5.95 Å². The van der Waals surface area contributed by atoms with E-state index in [0.717, 1.165) is 37.4 Å². The summed E-state index contributed by atoms with van der Waals surface area (Å²) < 4.78 is 1.88. The van der Waals surface area contributed by atoms with Crippen LogP contribution in [0.3, 0.4) is 0 Å². The van der Waals surface area contributed by atoms with E-state index in [2.05, 4.69) is 31.1 Å². The molecule has 6 nitrogen and oxygen atoms in total. The van der Waals surface area contributed by atoms with Crippen LogP contribution in [-0.2, 0) is 13.6 Å². The number of likely N-dealkylation sites (tertiary alicyclic amines) is 1. The van der Waals surface area contributed by atoms with Crippen LogP contribution in [0, 0.1) is 11.8 Å². The minimum absolute atomic E-state index is 0.741. The Morgan fingerprint density at radius 3 is 2.43 bits per heavy atom. The highest BCUT2D eigenvalue weighted by atomic mass is 15.3. The van der Waals surface area contributed by atoms with Crippen LogP contribution in [-0.4, -0.2) is 50.8 Å². The zero-order chi connectivity index (χ0) is 14.2. The highest BCUT2D eigenvalue weighted by Gasteiger charge is 2.40. The zero-order valence-electron chi connectivity index (χ0n) is 12.3. The van der Waals surface area contributed by atoms with Gasteiger partial charge in [0.25, 0.3) is 0 Å². The van der Waals surface area contributed by atoms with Crippen LogP contribution in [0.15, 0.2) is 30.9 Å². The third kappa shape index (κ3) is 2.51. The molecule has 110 valence electrons. The van der Waals surface area contributed by atoms with Gasteiger partial charge in [0.15, 0.2) is 0 Å². The van der Waals surface area contributed by atoms with Gasteiger partial charge in [-0.1, -0.05) is 0 Å². The number of aryl methyl sites for hydroxylation is 1. The first kappa shape index (κ1) is 12.8.